The number of piperazine rings is 1. The number of para-hydroxylation sites is 1. The zero-order valence-corrected chi connectivity index (χ0v) is 15.2. The predicted octanol–water partition coefficient (Wildman–Crippen LogP) is 4.05. The van der Waals surface area contributed by atoms with Crippen LogP contribution in [0.5, 0.6) is 11.5 Å². The van der Waals surface area contributed by atoms with Crippen molar-refractivity contribution in [3.63, 3.8) is 0 Å². The van der Waals surface area contributed by atoms with Crippen LogP contribution in [0, 0.1) is 0 Å². The second-order valence-corrected chi connectivity index (χ2v) is 5.41. The number of hydrogen-bond acceptors (Lipinski definition) is 4. The molecular formula is C16H23Cl2F3N2O2. The SMILES string of the molecule is C=CCC[C@@H](c1cccc(OC(F)(F)F)c1O)N1CCNCC1.Cl.Cl. The molecule has 0 bridgehead atoms. The van der Waals surface area contributed by atoms with E-state index in [2.05, 4.69) is 21.5 Å². The van der Waals surface area contributed by atoms with E-state index in [0.717, 1.165) is 32.2 Å². The maximum absolute atomic E-state index is 12.4. The summed E-state index contributed by atoms with van der Waals surface area (Å²) in [7, 11) is 0. The van der Waals surface area contributed by atoms with Gasteiger partial charge in [-0.25, -0.2) is 0 Å². The van der Waals surface area contributed by atoms with E-state index >= 15 is 0 Å². The van der Waals surface area contributed by atoms with Crippen LogP contribution in [0.15, 0.2) is 30.9 Å². The minimum atomic E-state index is -4.83. The van der Waals surface area contributed by atoms with E-state index in [1.165, 1.54) is 6.07 Å². The lowest BCUT2D eigenvalue weighted by Crippen LogP contribution is -2.45. The fraction of sp³-hybridized carbons (Fsp3) is 0.500. The van der Waals surface area contributed by atoms with Crippen molar-refractivity contribution in [1.29, 1.82) is 0 Å². The van der Waals surface area contributed by atoms with Crippen LogP contribution in [0.3, 0.4) is 0 Å². The van der Waals surface area contributed by atoms with Gasteiger partial charge in [-0.1, -0.05) is 18.2 Å². The molecule has 0 unspecified atom stereocenters. The van der Waals surface area contributed by atoms with Crippen molar-refractivity contribution >= 4 is 24.8 Å². The molecule has 1 aliphatic rings. The lowest BCUT2D eigenvalue weighted by molar-refractivity contribution is -0.275. The predicted molar refractivity (Wildman–Crippen MR) is 95.9 cm³/mol. The molecule has 2 N–H and O–H groups in total. The molecule has 0 radical (unpaired) electrons. The highest BCUT2D eigenvalue weighted by atomic mass is 35.5. The fourth-order valence-electron chi connectivity index (χ4n) is 2.82. The van der Waals surface area contributed by atoms with Crippen molar-refractivity contribution in [2.75, 3.05) is 26.2 Å². The van der Waals surface area contributed by atoms with Gasteiger partial charge in [-0.3, -0.25) is 4.90 Å². The van der Waals surface area contributed by atoms with Crippen LogP contribution in [0.2, 0.25) is 0 Å². The summed E-state index contributed by atoms with van der Waals surface area (Å²) in [5.74, 6) is -1.01. The van der Waals surface area contributed by atoms with Crippen molar-refractivity contribution in [1.82, 2.24) is 10.2 Å². The van der Waals surface area contributed by atoms with E-state index in [1.807, 2.05) is 0 Å². The van der Waals surface area contributed by atoms with Gasteiger partial charge < -0.3 is 15.2 Å². The van der Waals surface area contributed by atoms with Crippen LogP contribution >= 0.6 is 24.8 Å². The van der Waals surface area contributed by atoms with Crippen molar-refractivity contribution in [3.05, 3.63) is 36.4 Å². The molecule has 2 rings (SSSR count). The van der Waals surface area contributed by atoms with Gasteiger partial charge in [0.05, 0.1) is 0 Å². The molecule has 1 atom stereocenters. The highest BCUT2D eigenvalue weighted by Gasteiger charge is 2.33. The third-order valence-electron chi connectivity index (χ3n) is 3.85. The zero-order valence-electron chi connectivity index (χ0n) is 13.6. The third kappa shape index (κ3) is 6.93. The number of phenols is 1. The Morgan fingerprint density at radius 1 is 1.28 bits per heavy atom. The first-order valence-corrected chi connectivity index (χ1v) is 7.55. The number of benzene rings is 1. The highest BCUT2D eigenvalue weighted by molar-refractivity contribution is 5.85. The molecule has 0 amide bonds. The Morgan fingerprint density at radius 3 is 2.48 bits per heavy atom. The van der Waals surface area contributed by atoms with E-state index < -0.39 is 17.9 Å². The summed E-state index contributed by atoms with van der Waals surface area (Å²) in [6.45, 7) is 6.85. The average Bonchev–Trinajstić information content (AvgIpc) is 2.51. The van der Waals surface area contributed by atoms with Gasteiger partial charge in [0, 0.05) is 37.8 Å². The van der Waals surface area contributed by atoms with E-state index in [4.69, 9.17) is 0 Å². The number of nitrogens with zero attached hydrogens (tertiary/aromatic N) is 1. The molecule has 0 aromatic heterocycles. The maximum Gasteiger partial charge on any atom is 0.573 e. The fourth-order valence-corrected chi connectivity index (χ4v) is 2.82. The van der Waals surface area contributed by atoms with Gasteiger partial charge in [0.1, 0.15) is 0 Å². The number of hydrogen-bond donors (Lipinski definition) is 2. The molecule has 144 valence electrons. The maximum atomic E-state index is 12.4. The monoisotopic (exact) mass is 402 g/mol. The Hall–Kier alpha value is -1.15. The Balaban J connectivity index is 0.00000288. The summed E-state index contributed by atoms with van der Waals surface area (Å²) in [4.78, 5) is 2.16. The second-order valence-electron chi connectivity index (χ2n) is 5.41. The quantitative estimate of drug-likeness (QED) is 0.704. The van der Waals surface area contributed by atoms with Crippen molar-refractivity contribution in [2.45, 2.75) is 25.2 Å². The van der Waals surface area contributed by atoms with Crippen LogP contribution in [0.1, 0.15) is 24.4 Å². The number of ether oxygens (including phenoxy) is 1. The molecule has 0 spiro atoms. The minimum absolute atomic E-state index is 0. The Kier molecular flexibility index (Phi) is 10.3. The van der Waals surface area contributed by atoms with Gasteiger partial charge in [-0.2, -0.15) is 0 Å². The van der Waals surface area contributed by atoms with Crippen LogP contribution < -0.4 is 10.1 Å². The normalized spacial score (nSPS) is 16.3. The van der Waals surface area contributed by atoms with Gasteiger partial charge >= 0.3 is 6.36 Å². The topological polar surface area (TPSA) is 44.7 Å². The summed E-state index contributed by atoms with van der Waals surface area (Å²) >= 11 is 0. The summed E-state index contributed by atoms with van der Waals surface area (Å²) in [6, 6.07) is 4.06. The largest absolute Gasteiger partial charge is 0.573 e. The summed E-state index contributed by atoms with van der Waals surface area (Å²) in [5.41, 5.74) is 0.454. The number of aromatic hydroxyl groups is 1. The number of nitrogens with one attached hydrogen (secondary N) is 1. The van der Waals surface area contributed by atoms with Gasteiger partial charge in [0.25, 0.3) is 0 Å². The molecule has 1 saturated heterocycles. The van der Waals surface area contributed by atoms with Crippen LogP contribution in [0.4, 0.5) is 13.2 Å². The lowest BCUT2D eigenvalue weighted by atomic mass is 9.98. The Labute approximate surface area is 157 Å². The zero-order chi connectivity index (χ0) is 16.9. The standard InChI is InChI=1S/C16H21F3N2O2.2ClH/c1-2-3-6-13(21-10-8-20-9-11-21)12-5-4-7-14(15(12)22)23-16(17,18)19;;/h2,4-5,7,13,20,22H,1,3,6,8-11H2;2*1H/t13-;;/m0../s1. The molecular weight excluding hydrogens is 380 g/mol. The van der Waals surface area contributed by atoms with E-state index in [1.54, 1.807) is 12.1 Å². The average molecular weight is 403 g/mol. The van der Waals surface area contributed by atoms with Crippen LogP contribution in [-0.4, -0.2) is 42.5 Å². The number of alkyl halides is 3. The van der Waals surface area contributed by atoms with E-state index in [0.29, 0.717) is 18.4 Å². The lowest BCUT2D eigenvalue weighted by Gasteiger charge is -2.35. The minimum Gasteiger partial charge on any atom is -0.504 e. The van der Waals surface area contributed by atoms with Crippen molar-refractivity contribution < 1.29 is 23.0 Å². The number of allylic oxidation sites excluding steroid dienone is 1. The Morgan fingerprint density at radius 2 is 1.92 bits per heavy atom. The second kappa shape index (κ2) is 10.8. The van der Waals surface area contributed by atoms with Crippen LogP contribution in [-0.2, 0) is 0 Å². The first kappa shape index (κ1) is 23.9. The number of phenolic OH excluding ortho intramolecular Hbond substituents is 1. The van der Waals surface area contributed by atoms with Gasteiger partial charge in [-0.15, -0.1) is 44.6 Å². The van der Waals surface area contributed by atoms with E-state index in [9.17, 15) is 18.3 Å². The molecule has 1 aliphatic heterocycles. The molecule has 1 fully saturated rings. The number of rotatable bonds is 6. The van der Waals surface area contributed by atoms with Crippen molar-refractivity contribution in [3.8, 4) is 11.5 Å². The summed E-state index contributed by atoms with van der Waals surface area (Å²) < 4.78 is 41.3. The molecule has 1 aromatic carbocycles. The molecule has 25 heavy (non-hydrogen) atoms. The Bertz CT molecular complexity index is 539. The molecule has 0 aliphatic carbocycles. The van der Waals surface area contributed by atoms with E-state index in [-0.39, 0.29) is 30.9 Å². The van der Waals surface area contributed by atoms with Gasteiger partial charge in [-0.05, 0) is 18.9 Å². The molecule has 9 heteroatoms. The van der Waals surface area contributed by atoms with Crippen LogP contribution in [0.25, 0.3) is 0 Å². The summed E-state index contributed by atoms with van der Waals surface area (Å²) in [6.07, 6.45) is -1.69. The third-order valence-corrected chi connectivity index (χ3v) is 3.85. The molecule has 1 heterocycles. The number of halogens is 5. The smallest absolute Gasteiger partial charge is 0.504 e. The van der Waals surface area contributed by atoms with Gasteiger partial charge in [0.2, 0.25) is 0 Å². The molecule has 1 aromatic rings. The molecule has 0 saturated carbocycles. The summed E-state index contributed by atoms with van der Waals surface area (Å²) in [5, 5.41) is 13.5. The first-order valence-electron chi connectivity index (χ1n) is 7.55. The first-order chi connectivity index (χ1) is 10.9. The van der Waals surface area contributed by atoms with Gasteiger partial charge in [0.15, 0.2) is 11.5 Å². The van der Waals surface area contributed by atoms with Crippen molar-refractivity contribution in [2.24, 2.45) is 0 Å². The highest BCUT2D eigenvalue weighted by Crippen LogP contribution is 2.40. The molecule has 4 nitrogen and oxygen atoms in total.